The molecule has 0 amide bonds. The number of thiazole rings is 1. The van der Waals surface area contributed by atoms with E-state index in [1.54, 1.807) is 11.3 Å². The maximum absolute atomic E-state index is 4.79. The summed E-state index contributed by atoms with van der Waals surface area (Å²) >= 11 is 1.66. The van der Waals surface area contributed by atoms with Crippen molar-refractivity contribution in [1.82, 2.24) is 15.3 Å². The fourth-order valence-corrected chi connectivity index (χ4v) is 3.89. The zero-order valence-electron chi connectivity index (χ0n) is 13.7. The molecule has 0 saturated carbocycles. The van der Waals surface area contributed by atoms with Gasteiger partial charge in [0.25, 0.3) is 0 Å². The van der Waals surface area contributed by atoms with Gasteiger partial charge in [0, 0.05) is 36.9 Å². The second kappa shape index (κ2) is 6.71. The van der Waals surface area contributed by atoms with Crippen LogP contribution in [0.4, 0.5) is 5.69 Å². The van der Waals surface area contributed by atoms with Crippen LogP contribution in [0.5, 0.6) is 0 Å². The van der Waals surface area contributed by atoms with Crippen molar-refractivity contribution in [2.75, 3.05) is 18.0 Å². The molecule has 3 heterocycles. The van der Waals surface area contributed by atoms with Gasteiger partial charge in [-0.05, 0) is 36.2 Å². The SMILES string of the molecule is Cc1cccc2c1CNCCN2Cc1csc(-c2ccccn2)n1. The molecule has 0 atom stereocenters. The van der Waals surface area contributed by atoms with Crippen LogP contribution in [0, 0.1) is 6.92 Å². The van der Waals surface area contributed by atoms with Crippen molar-refractivity contribution < 1.29 is 0 Å². The molecule has 2 aromatic heterocycles. The summed E-state index contributed by atoms with van der Waals surface area (Å²) in [5.74, 6) is 0. The lowest BCUT2D eigenvalue weighted by Gasteiger charge is -2.24. The van der Waals surface area contributed by atoms with E-state index in [1.165, 1.54) is 16.8 Å². The van der Waals surface area contributed by atoms with Crippen LogP contribution in [0.15, 0.2) is 48.0 Å². The van der Waals surface area contributed by atoms with Crippen LogP contribution in [0.1, 0.15) is 16.8 Å². The highest BCUT2D eigenvalue weighted by Gasteiger charge is 2.17. The van der Waals surface area contributed by atoms with E-state index in [1.807, 2.05) is 24.4 Å². The third kappa shape index (κ3) is 3.05. The number of hydrogen-bond donors (Lipinski definition) is 1. The number of aryl methyl sites for hydroxylation is 1. The van der Waals surface area contributed by atoms with Crippen LogP contribution in [-0.2, 0) is 13.1 Å². The lowest BCUT2D eigenvalue weighted by Crippen LogP contribution is -2.28. The Balaban J connectivity index is 1.60. The van der Waals surface area contributed by atoms with Crippen molar-refractivity contribution in [2.24, 2.45) is 0 Å². The Morgan fingerprint density at radius 2 is 2.17 bits per heavy atom. The minimum Gasteiger partial charge on any atom is -0.364 e. The number of aromatic nitrogens is 2. The molecule has 0 unspecified atom stereocenters. The van der Waals surface area contributed by atoms with Crippen LogP contribution in [0.2, 0.25) is 0 Å². The van der Waals surface area contributed by atoms with Crippen molar-refractivity contribution >= 4 is 17.0 Å². The highest BCUT2D eigenvalue weighted by Crippen LogP contribution is 2.28. The second-order valence-electron chi connectivity index (χ2n) is 6.03. The highest BCUT2D eigenvalue weighted by atomic mass is 32.1. The number of anilines is 1. The number of rotatable bonds is 3. The molecule has 24 heavy (non-hydrogen) atoms. The normalized spacial score (nSPS) is 14.3. The molecule has 1 N–H and O–H groups in total. The predicted octanol–water partition coefficient (Wildman–Crippen LogP) is 3.62. The summed E-state index contributed by atoms with van der Waals surface area (Å²) in [7, 11) is 0. The van der Waals surface area contributed by atoms with Gasteiger partial charge in [-0.2, -0.15) is 0 Å². The summed E-state index contributed by atoms with van der Waals surface area (Å²) in [6.07, 6.45) is 1.82. The van der Waals surface area contributed by atoms with Gasteiger partial charge in [-0.1, -0.05) is 18.2 Å². The van der Waals surface area contributed by atoms with Gasteiger partial charge in [0.15, 0.2) is 0 Å². The maximum atomic E-state index is 4.79. The Labute approximate surface area is 146 Å². The number of fused-ring (bicyclic) bond motifs is 1. The molecule has 122 valence electrons. The quantitative estimate of drug-likeness (QED) is 0.793. The van der Waals surface area contributed by atoms with E-state index >= 15 is 0 Å². The van der Waals surface area contributed by atoms with E-state index < -0.39 is 0 Å². The van der Waals surface area contributed by atoms with Gasteiger partial charge in [0.1, 0.15) is 5.01 Å². The van der Waals surface area contributed by atoms with E-state index in [2.05, 4.69) is 45.7 Å². The number of nitrogens with one attached hydrogen (secondary N) is 1. The number of benzene rings is 1. The molecule has 0 spiro atoms. The Bertz CT molecular complexity index is 828. The van der Waals surface area contributed by atoms with Crippen molar-refractivity contribution in [3.63, 3.8) is 0 Å². The van der Waals surface area contributed by atoms with E-state index in [-0.39, 0.29) is 0 Å². The summed E-state index contributed by atoms with van der Waals surface area (Å²) in [5, 5.41) is 6.66. The Hall–Kier alpha value is -2.24. The number of pyridine rings is 1. The Morgan fingerprint density at radius 3 is 3.04 bits per heavy atom. The van der Waals surface area contributed by atoms with E-state index in [0.29, 0.717) is 0 Å². The average Bonchev–Trinajstić information content (AvgIpc) is 2.98. The summed E-state index contributed by atoms with van der Waals surface area (Å²) in [6, 6.07) is 12.5. The topological polar surface area (TPSA) is 41.0 Å². The highest BCUT2D eigenvalue weighted by molar-refractivity contribution is 7.13. The lowest BCUT2D eigenvalue weighted by atomic mass is 10.1. The second-order valence-corrected chi connectivity index (χ2v) is 6.89. The first-order valence-electron chi connectivity index (χ1n) is 8.21. The smallest absolute Gasteiger partial charge is 0.142 e. The largest absolute Gasteiger partial charge is 0.364 e. The minimum atomic E-state index is 0.835. The van der Waals surface area contributed by atoms with Crippen molar-refractivity contribution in [3.8, 4) is 10.7 Å². The van der Waals surface area contributed by atoms with Crippen LogP contribution in [0.3, 0.4) is 0 Å². The minimum absolute atomic E-state index is 0.835. The Morgan fingerprint density at radius 1 is 1.21 bits per heavy atom. The monoisotopic (exact) mass is 336 g/mol. The van der Waals surface area contributed by atoms with Gasteiger partial charge < -0.3 is 10.2 Å². The standard InChI is InChI=1S/C19H20N4S/c1-14-5-4-7-18-16(14)11-20-9-10-23(18)12-15-13-24-19(22-15)17-6-2-3-8-21-17/h2-8,13,20H,9-12H2,1H3. The van der Waals surface area contributed by atoms with Crippen molar-refractivity contribution in [2.45, 2.75) is 20.0 Å². The van der Waals surface area contributed by atoms with E-state index in [0.717, 1.165) is 42.6 Å². The third-order valence-electron chi connectivity index (χ3n) is 4.38. The number of hydrogen-bond acceptors (Lipinski definition) is 5. The van der Waals surface area contributed by atoms with E-state index in [9.17, 15) is 0 Å². The molecule has 4 rings (SSSR count). The zero-order chi connectivity index (χ0) is 16.4. The first-order chi connectivity index (χ1) is 11.8. The fraction of sp³-hybridized carbons (Fsp3) is 0.263. The molecule has 0 radical (unpaired) electrons. The molecular formula is C19H20N4S. The maximum Gasteiger partial charge on any atom is 0.142 e. The molecular weight excluding hydrogens is 316 g/mol. The number of nitrogens with zero attached hydrogens (tertiary/aromatic N) is 3. The predicted molar refractivity (Wildman–Crippen MR) is 99.3 cm³/mol. The van der Waals surface area contributed by atoms with Gasteiger partial charge >= 0.3 is 0 Å². The van der Waals surface area contributed by atoms with Gasteiger partial charge in [-0.25, -0.2) is 4.98 Å². The average molecular weight is 336 g/mol. The Kier molecular flexibility index (Phi) is 4.28. The van der Waals surface area contributed by atoms with Crippen molar-refractivity contribution in [1.29, 1.82) is 0 Å². The molecule has 0 bridgehead atoms. The summed E-state index contributed by atoms with van der Waals surface area (Å²) in [6.45, 7) is 5.94. The first kappa shape index (κ1) is 15.3. The van der Waals surface area contributed by atoms with Crippen molar-refractivity contribution in [3.05, 3.63) is 64.8 Å². The first-order valence-corrected chi connectivity index (χ1v) is 9.09. The van der Waals surface area contributed by atoms with Crippen LogP contribution in [-0.4, -0.2) is 23.1 Å². The van der Waals surface area contributed by atoms with Crippen LogP contribution in [0.25, 0.3) is 10.7 Å². The zero-order valence-corrected chi connectivity index (χ0v) is 14.5. The van der Waals surface area contributed by atoms with Gasteiger partial charge in [-0.15, -0.1) is 11.3 Å². The molecule has 0 fully saturated rings. The summed E-state index contributed by atoms with van der Waals surface area (Å²) in [5.41, 5.74) is 6.12. The molecule has 1 aliphatic heterocycles. The molecule has 3 aromatic rings. The molecule has 0 saturated heterocycles. The van der Waals surface area contributed by atoms with Crippen LogP contribution < -0.4 is 10.2 Å². The third-order valence-corrected chi connectivity index (χ3v) is 5.29. The van der Waals surface area contributed by atoms with E-state index in [4.69, 9.17) is 4.98 Å². The van der Waals surface area contributed by atoms with Gasteiger partial charge in [0.05, 0.1) is 17.9 Å². The van der Waals surface area contributed by atoms with Gasteiger partial charge in [0.2, 0.25) is 0 Å². The fourth-order valence-electron chi connectivity index (χ4n) is 3.11. The summed E-state index contributed by atoms with van der Waals surface area (Å²) in [4.78, 5) is 11.6. The molecule has 0 aliphatic carbocycles. The molecule has 5 heteroatoms. The molecule has 4 nitrogen and oxygen atoms in total. The lowest BCUT2D eigenvalue weighted by molar-refractivity contribution is 0.685. The molecule has 1 aromatic carbocycles. The summed E-state index contributed by atoms with van der Waals surface area (Å²) < 4.78 is 0. The van der Waals surface area contributed by atoms with Gasteiger partial charge in [-0.3, -0.25) is 4.98 Å². The van der Waals surface area contributed by atoms with Crippen LogP contribution >= 0.6 is 11.3 Å². The molecule has 1 aliphatic rings.